The van der Waals surface area contributed by atoms with E-state index in [1.165, 1.54) is 31.5 Å². The quantitative estimate of drug-likeness (QED) is 0.775. The largest absolute Gasteiger partial charge is 0.483 e. The zero-order valence-corrected chi connectivity index (χ0v) is 13.6. The number of furan rings is 1. The van der Waals surface area contributed by atoms with Gasteiger partial charge in [0.2, 0.25) is 0 Å². The van der Waals surface area contributed by atoms with Crippen LogP contribution in [0.5, 0.6) is 5.75 Å². The van der Waals surface area contributed by atoms with E-state index in [0.29, 0.717) is 11.3 Å². The molecule has 4 rings (SSSR count). The van der Waals surface area contributed by atoms with Gasteiger partial charge in [0.1, 0.15) is 0 Å². The highest BCUT2D eigenvalue weighted by molar-refractivity contribution is 6.01. The van der Waals surface area contributed by atoms with E-state index in [1.807, 2.05) is 0 Å². The molecule has 2 aromatic heterocycles. The molecule has 1 aliphatic heterocycles. The molecule has 0 saturated carbocycles. The summed E-state index contributed by atoms with van der Waals surface area (Å²) in [5.74, 6) is -1.70. The lowest BCUT2D eigenvalue weighted by molar-refractivity contribution is -0.193. The van der Waals surface area contributed by atoms with Gasteiger partial charge in [0.25, 0.3) is 0 Å². The molecule has 134 valence electrons. The van der Waals surface area contributed by atoms with E-state index < -0.39 is 18.1 Å². The monoisotopic (exact) mass is 360 g/mol. The van der Waals surface area contributed by atoms with E-state index >= 15 is 0 Å². The van der Waals surface area contributed by atoms with Crippen LogP contribution in [0.4, 0.5) is 14.5 Å². The molecule has 0 saturated heterocycles. The zero-order valence-electron chi connectivity index (χ0n) is 13.6. The number of ether oxygens (including phenoxy) is 1. The van der Waals surface area contributed by atoms with Crippen molar-refractivity contribution in [2.45, 2.75) is 25.7 Å². The highest BCUT2D eigenvalue weighted by Gasteiger charge is 2.51. The molecule has 8 heteroatoms. The van der Waals surface area contributed by atoms with Crippen molar-refractivity contribution < 1.29 is 27.8 Å². The molecular formula is C18H14F2N2O4. The number of carbonyl (C=O) groups excluding carboxylic acids is 1. The Bertz CT molecular complexity index is 1000. The van der Waals surface area contributed by atoms with E-state index in [1.54, 1.807) is 18.2 Å². The predicted molar refractivity (Wildman–Crippen MR) is 87.8 cm³/mol. The Morgan fingerprint density at radius 3 is 2.92 bits per heavy atom. The van der Waals surface area contributed by atoms with E-state index in [2.05, 4.69) is 9.72 Å². The number of rotatable bonds is 3. The molecule has 3 heterocycles. The number of hydrogen-bond acceptors (Lipinski definition) is 5. The summed E-state index contributed by atoms with van der Waals surface area (Å²) >= 11 is 0. The van der Waals surface area contributed by atoms with Crippen LogP contribution in [-0.2, 0) is 11.3 Å². The van der Waals surface area contributed by atoms with Gasteiger partial charge in [0, 0.05) is 10.9 Å². The molecular weight excluding hydrogens is 346 g/mol. The van der Waals surface area contributed by atoms with Crippen LogP contribution in [-0.4, -0.2) is 22.1 Å². The number of hydrogen-bond donors (Lipinski definition) is 1. The van der Waals surface area contributed by atoms with Crippen LogP contribution in [0, 0.1) is 0 Å². The average Bonchev–Trinajstić information content (AvgIpc) is 3.05. The lowest BCUT2D eigenvalue weighted by Gasteiger charge is -2.34. The van der Waals surface area contributed by atoms with Crippen LogP contribution in [0.2, 0.25) is 0 Å². The summed E-state index contributed by atoms with van der Waals surface area (Å²) in [5, 5.41) is 10.6. The first-order valence-electron chi connectivity index (χ1n) is 7.89. The topological polar surface area (TPSA) is 75.8 Å². The van der Waals surface area contributed by atoms with Gasteiger partial charge in [-0.05, 0) is 25.1 Å². The van der Waals surface area contributed by atoms with Crippen molar-refractivity contribution in [2.75, 3.05) is 4.90 Å². The second-order valence-corrected chi connectivity index (χ2v) is 6.02. The molecule has 0 bridgehead atoms. The number of alkyl halides is 2. The molecule has 1 atom stereocenters. The number of aromatic nitrogens is 1. The van der Waals surface area contributed by atoms with Gasteiger partial charge in [-0.15, -0.1) is 0 Å². The van der Waals surface area contributed by atoms with Crippen LogP contribution in [0.1, 0.15) is 24.3 Å². The van der Waals surface area contributed by atoms with E-state index in [-0.39, 0.29) is 23.5 Å². The number of halogens is 2. The van der Waals surface area contributed by atoms with Crippen molar-refractivity contribution in [3.05, 3.63) is 54.0 Å². The number of aliphatic hydroxyl groups is 1. The fourth-order valence-corrected chi connectivity index (χ4v) is 2.95. The number of carbonyl (C=O) groups is 1. The number of fused-ring (bicyclic) bond motifs is 2. The molecule has 0 radical (unpaired) electrons. The van der Waals surface area contributed by atoms with Gasteiger partial charge in [-0.2, -0.15) is 8.78 Å². The minimum Gasteiger partial charge on any atom is -0.463 e. The standard InChI is InChI=1S/C18H14F2N2O4/c1-10(23)13-3-2-4-14-16(13)26-18(19,20)17(24)22(14)9-12-7-11-5-6-25-15(11)8-21-12/h2-8,10,23H,9H2,1H3. The Labute approximate surface area is 146 Å². The first-order chi connectivity index (χ1) is 12.4. The minimum absolute atomic E-state index is 0.161. The summed E-state index contributed by atoms with van der Waals surface area (Å²) in [7, 11) is 0. The molecule has 0 fully saturated rings. The van der Waals surface area contributed by atoms with Crippen molar-refractivity contribution in [1.82, 2.24) is 4.98 Å². The van der Waals surface area contributed by atoms with Crippen molar-refractivity contribution in [2.24, 2.45) is 0 Å². The van der Waals surface area contributed by atoms with Crippen LogP contribution in [0.3, 0.4) is 0 Å². The average molecular weight is 360 g/mol. The third-order valence-corrected chi connectivity index (χ3v) is 4.21. The Morgan fingerprint density at radius 1 is 1.35 bits per heavy atom. The molecule has 1 aliphatic rings. The Kier molecular flexibility index (Phi) is 3.66. The highest BCUT2D eigenvalue weighted by Crippen LogP contribution is 2.44. The third-order valence-electron chi connectivity index (χ3n) is 4.21. The summed E-state index contributed by atoms with van der Waals surface area (Å²) in [6, 6.07) is 7.92. The van der Waals surface area contributed by atoms with Crippen molar-refractivity contribution in [1.29, 1.82) is 0 Å². The normalized spacial score (nSPS) is 17.1. The molecule has 0 spiro atoms. The van der Waals surface area contributed by atoms with E-state index in [4.69, 9.17) is 4.42 Å². The van der Waals surface area contributed by atoms with Crippen LogP contribution >= 0.6 is 0 Å². The summed E-state index contributed by atoms with van der Waals surface area (Å²) in [4.78, 5) is 17.3. The minimum atomic E-state index is -4.03. The van der Waals surface area contributed by atoms with Crippen LogP contribution < -0.4 is 9.64 Å². The Morgan fingerprint density at radius 2 is 2.15 bits per heavy atom. The number of nitrogens with zero attached hydrogens (tertiary/aromatic N) is 2. The zero-order chi connectivity index (χ0) is 18.5. The van der Waals surface area contributed by atoms with Gasteiger partial charge in [0.05, 0.1) is 36.5 Å². The van der Waals surface area contributed by atoms with Gasteiger partial charge in [0.15, 0.2) is 11.3 Å². The fraction of sp³-hybridized carbons (Fsp3) is 0.222. The van der Waals surface area contributed by atoms with Crippen molar-refractivity contribution >= 4 is 22.6 Å². The first-order valence-corrected chi connectivity index (χ1v) is 7.89. The number of pyridine rings is 1. The molecule has 1 amide bonds. The Balaban J connectivity index is 1.79. The van der Waals surface area contributed by atoms with Crippen molar-refractivity contribution in [3.8, 4) is 5.75 Å². The second-order valence-electron chi connectivity index (χ2n) is 6.02. The molecule has 1 N–H and O–H groups in total. The van der Waals surface area contributed by atoms with Crippen LogP contribution in [0.15, 0.2) is 47.2 Å². The molecule has 1 unspecified atom stereocenters. The summed E-state index contributed by atoms with van der Waals surface area (Å²) < 4.78 is 38.1. The number of anilines is 1. The molecule has 26 heavy (non-hydrogen) atoms. The van der Waals surface area contributed by atoms with Gasteiger partial charge >= 0.3 is 12.0 Å². The molecule has 0 aliphatic carbocycles. The van der Waals surface area contributed by atoms with E-state index in [0.717, 1.165) is 10.3 Å². The first kappa shape index (κ1) is 16.5. The van der Waals surface area contributed by atoms with Crippen LogP contribution in [0.25, 0.3) is 11.0 Å². The smallest absolute Gasteiger partial charge is 0.463 e. The van der Waals surface area contributed by atoms with Gasteiger partial charge in [-0.25, -0.2) is 0 Å². The predicted octanol–water partition coefficient (Wildman–Crippen LogP) is 3.40. The van der Waals surface area contributed by atoms with Gasteiger partial charge in [-0.1, -0.05) is 12.1 Å². The van der Waals surface area contributed by atoms with Gasteiger partial charge in [-0.3, -0.25) is 14.7 Å². The van der Waals surface area contributed by atoms with Crippen molar-refractivity contribution in [3.63, 3.8) is 0 Å². The molecule has 1 aromatic carbocycles. The maximum Gasteiger partial charge on any atom is 0.483 e. The molecule has 3 aromatic rings. The maximum absolute atomic E-state index is 14.1. The third kappa shape index (κ3) is 2.59. The number of amides is 1. The van der Waals surface area contributed by atoms with Gasteiger partial charge < -0.3 is 14.3 Å². The Hall–Kier alpha value is -3.00. The number of aliphatic hydroxyl groups excluding tert-OH is 1. The lowest BCUT2D eigenvalue weighted by atomic mass is 10.1. The van der Waals surface area contributed by atoms with E-state index in [9.17, 15) is 18.7 Å². The summed E-state index contributed by atoms with van der Waals surface area (Å²) in [6.45, 7) is 1.27. The lowest BCUT2D eigenvalue weighted by Crippen LogP contribution is -2.50. The number of para-hydroxylation sites is 1. The maximum atomic E-state index is 14.1. The second kappa shape index (κ2) is 5.77. The molecule has 6 nitrogen and oxygen atoms in total. The summed E-state index contributed by atoms with van der Waals surface area (Å²) in [6.07, 6.45) is -2.09. The summed E-state index contributed by atoms with van der Waals surface area (Å²) in [5.41, 5.74) is 1.31. The fourth-order valence-electron chi connectivity index (χ4n) is 2.95. The SMILES string of the molecule is CC(O)c1cccc2c1OC(F)(F)C(=O)N2Cc1cc2ccoc2cn1. The number of benzene rings is 1. The highest BCUT2D eigenvalue weighted by atomic mass is 19.3.